The number of halogens is 1. The third-order valence-corrected chi connectivity index (χ3v) is 6.59. The summed E-state index contributed by atoms with van der Waals surface area (Å²) in [6.45, 7) is 10.5. The lowest BCUT2D eigenvalue weighted by Crippen LogP contribution is -2.49. The monoisotopic (exact) mass is 497 g/mol. The van der Waals surface area contributed by atoms with Crippen molar-refractivity contribution in [2.45, 2.75) is 20.8 Å². The molecule has 2 amide bonds. The van der Waals surface area contributed by atoms with Crippen LogP contribution in [-0.2, 0) is 14.3 Å². The maximum absolute atomic E-state index is 13.8. The Morgan fingerprint density at radius 2 is 1.89 bits per heavy atom. The van der Waals surface area contributed by atoms with Gasteiger partial charge in [0.2, 0.25) is 0 Å². The fourth-order valence-corrected chi connectivity index (χ4v) is 4.68. The fraction of sp³-hybridized carbons (Fsp3) is 0.423. The zero-order chi connectivity index (χ0) is 25.8. The van der Waals surface area contributed by atoms with Gasteiger partial charge in [0.25, 0.3) is 11.8 Å². The van der Waals surface area contributed by atoms with Crippen LogP contribution in [0.3, 0.4) is 0 Å². The second-order valence-corrected chi connectivity index (χ2v) is 9.04. The van der Waals surface area contributed by atoms with Crippen LogP contribution in [0.2, 0.25) is 0 Å². The van der Waals surface area contributed by atoms with Crippen molar-refractivity contribution in [3.63, 3.8) is 0 Å². The van der Waals surface area contributed by atoms with E-state index in [-0.39, 0.29) is 17.8 Å². The molecule has 0 bridgehead atoms. The smallest absolute Gasteiger partial charge is 0.320 e. The second-order valence-electron chi connectivity index (χ2n) is 9.04. The SMILES string of the molecule is CCOC(=O)CN1CCN(CCNC(=O)c2c(C)[nH]c(C=C3C(=O)Nc4ccc(F)cc43)c2C)CC1. The molecule has 1 aromatic heterocycles. The Labute approximate surface area is 209 Å². The summed E-state index contributed by atoms with van der Waals surface area (Å²) in [5, 5.41) is 5.73. The number of hydrogen-bond acceptors (Lipinski definition) is 6. The molecule has 0 radical (unpaired) electrons. The number of piperazine rings is 1. The van der Waals surface area contributed by atoms with Crippen molar-refractivity contribution in [2.75, 3.05) is 57.7 Å². The summed E-state index contributed by atoms with van der Waals surface area (Å²) >= 11 is 0. The Morgan fingerprint density at radius 3 is 2.61 bits per heavy atom. The van der Waals surface area contributed by atoms with Gasteiger partial charge in [-0.25, -0.2) is 4.39 Å². The van der Waals surface area contributed by atoms with Gasteiger partial charge >= 0.3 is 5.97 Å². The van der Waals surface area contributed by atoms with Gasteiger partial charge in [0.05, 0.1) is 24.3 Å². The first-order chi connectivity index (χ1) is 17.3. The number of hydrogen-bond donors (Lipinski definition) is 3. The van der Waals surface area contributed by atoms with Crippen molar-refractivity contribution in [1.29, 1.82) is 0 Å². The number of aromatic nitrogens is 1. The number of H-pyrrole nitrogens is 1. The molecule has 0 unspecified atom stereocenters. The number of esters is 1. The lowest BCUT2D eigenvalue weighted by Gasteiger charge is -2.34. The van der Waals surface area contributed by atoms with Gasteiger partial charge in [-0.3, -0.25) is 24.2 Å². The van der Waals surface area contributed by atoms with Gasteiger partial charge in [0.1, 0.15) is 5.82 Å². The number of ether oxygens (including phenoxy) is 1. The van der Waals surface area contributed by atoms with Crippen LogP contribution in [-0.4, -0.2) is 85.0 Å². The number of rotatable bonds is 8. The van der Waals surface area contributed by atoms with Crippen molar-refractivity contribution in [2.24, 2.45) is 0 Å². The molecular weight excluding hydrogens is 465 g/mol. The summed E-state index contributed by atoms with van der Waals surface area (Å²) in [7, 11) is 0. The molecule has 2 aliphatic heterocycles. The van der Waals surface area contributed by atoms with Gasteiger partial charge in [0.15, 0.2) is 0 Å². The van der Waals surface area contributed by atoms with Crippen LogP contribution in [0.25, 0.3) is 11.6 Å². The maximum Gasteiger partial charge on any atom is 0.320 e. The van der Waals surface area contributed by atoms with E-state index in [1.54, 1.807) is 13.0 Å². The van der Waals surface area contributed by atoms with E-state index in [0.29, 0.717) is 60.0 Å². The number of fused-ring (bicyclic) bond motifs is 1. The van der Waals surface area contributed by atoms with E-state index in [2.05, 4.69) is 25.4 Å². The van der Waals surface area contributed by atoms with Crippen molar-refractivity contribution in [3.8, 4) is 0 Å². The van der Waals surface area contributed by atoms with Gasteiger partial charge in [-0.15, -0.1) is 0 Å². The summed E-state index contributed by atoms with van der Waals surface area (Å²) in [6, 6.07) is 4.17. The number of nitrogens with zero attached hydrogens (tertiary/aromatic N) is 2. The first-order valence-corrected chi connectivity index (χ1v) is 12.2. The molecule has 1 aromatic carbocycles. The first-order valence-electron chi connectivity index (χ1n) is 12.2. The number of carbonyl (C=O) groups is 3. The van der Waals surface area contributed by atoms with Crippen LogP contribution >= 0.6 is 0 Å². The quantitative estimate of drug-likeness (QED) is 0.381. The van der Waals surface area contributed by atoms with Gasteiger partial charge < -0.3 is 20.4 Å². The zero-order valence-corrected chi connectivity index (χ0v) is 20.9. The van der Waals surface area contributed by atoms with Crippen molar-refractivity contribution < 1.29 is 23.5 Å². The normalized spacial score (nSPS) is 17.2. The number of nitrogens with one attached hydrogen (secondary N) is 3. The molecule has 192 valence electrons. The summed E-state index contributed by atoms with van der Waals surface area (Å²) in [4.78, 5) is 44.6. The Hall–Kier alpha value is -3.50. The molecule has 2 aromatic rings. The number of aromatic amines is 1. The Balaban J connectivity index is 1.34. The first kappa shape index (κ1) is 25.6. The fourth-order valence-electron chi connectivity index (χ4n) is 4.68. The highest BCUT2D eigenvalue weighted by Crippen LogP contribution is 2.34. The number of amides is 2. The predicted octanol–water partition coefficient (Wildman–Crippen LogP) is 2.17. The minimum absolute atomic E-state index is 0.186. The molecule has 9 nitrogen and oxygen atoms in total. The van der Waals surface area contributed by atoms with Gasteiger partial charge in [-0.05, 0) is 50.6 Å². The maximum atomic E-state index is 13.8. The number of benzene rings is 1. The van der Waals surface area contributed by atoms with Crippen LogP contribution < -0.4 is 10.6 Å². The standard InChI is InChI=1S/C26H32FN5O4/c1-4-36-23(33)15-32-11-9-31(10-12-32)8-7-28-26(35)24-16(2)22(29-17(24)3)14-20-19-13-18(27)5-6-21(19)30-25(20)34/h5-6,13-14,29H,4,7-12,15H2,1-3H3,(H,28,35)(H,30,34). The van der Waals surface area contributed by atoms with E-state index >= 15 is 0 Å². The molecular formula is C26H32FN5O4. The third-order valence-electron chi connectivity index (χ3n) is 6.59. The summed E-state index contributed by atoms with van der Waals surface area (Å²) < 4.78 is 18.8. The molecule has 0 atom stereocenters. The van der Waals surface area contributed by atoms with E-state index in [1.807, 2.05) is 13.8 Å². The van der Waals surface area contributed by atoms with E-state index in [0.717, 1.165) is 31.7 Å². The highest BCUT2D eigenvalue weighted by molar-refractivity contribution is 6.34. The average Bonchev–Trinajstić information content (AvgIpc) is 3.29. The van der Waals surface area contributed by atoms with E-state index in [1.165, 1.54) is 18.2 Å². The second kappa shape index (κ2) is 11.0. The lowest BCUT2D eigenvalue weighted by atomic mass is 10.0. The van der Waals surface area contributed by atoms with Crippen LogP contribution in [0.4, 0.5) is 10.1 Å². The van der Waals surface area contributed by atoms with Crippen molar-refractivity contribution in [1.82, 2.24) is 20.1 Å². The molecule has 10 heteroatoms. The molecule has 3 heterocycles. The molecule has 0 spiro atoms. The molecule has 2 aliphatic rings. The topological polar surface area (TPSA) is 107 Å². The minimum Gasteiger partial charge on any atom is -0.465 e. The van der Waals surface area contributed by atoms with Crippen LogP contribution in [0.1, 0.15) is 39.8 Å². The molecule has 3 N–H and O–H groups in total. The summed E-state index contributed by atoms with van der Waals surface area (Å²) in [6.07, 6.45) is 1.66. The average molecular weight is 498 g/mol. The molecule has 1 fully saturated rings. The third kappa shape index (κ3) is 5.66. The van der Waals surface area contributed by atoms with Crippen LogP contribution in [0, 0.1) is 19.7 Å². The molecule has 36 heavy (non-hydrogen) atoms. The minimum atomic E-state index is -0.420. The zero-order valence-electron chi connectivity index (χ0n) is 20.9. The number of anilines is 1. The predicted molar refractivity (Wildman–Crippen MR) is 135 cm³/mol. The van der Waals surface area contributed by atoms with Crippen molar-refractivity contribution in [3.05, 3.63) is 52.1 Å². The Kier molecular flexibility index (Phi) is 7.85. The van der Waals surface area contributed by atoms with Crippen LogP contribution in [0.5, 0.6) is 0 Å². The highest BCUT2D eigenvalue weighted by Gasteiger charge is 2.26. The van der Waals surface area contributed by atoms with E-state index in [4.69, 9.17) is 4.74 Å². The summed E-state index contributed by atoms with van der Waals surface area (Å²) in [5.41, 5.74) is 4.01. The molecule has 0 aliphatic carbocycles. The molecule has 4 rings (SSSR count). The number of aryl methyl sites for hydroxylation is 1. The van der Waals surface area contributed by atoms with Gasteiger partial charge in [-0.1, -0.05) is 0 Å². The molecule has 0 saturated carbocycles. The van der Waals surface area contributed by atoms with Crippen molar-refractivity contribution >= 4 is 35.1 Å². The lowest BCUT2D eigenvalue weighted by molar-refractivity contribution is -0.144. The van der Waals surface area contributed by atoms with Gasteiger partial charge in [0, 0.05) is 61.9 Å². The summed E-state index contributed by atoms with van der Waals surface area (Å²) in [5.74, 6) is -1.11. The Bertz CT molecular complexity index is 1200. The highest BCUT2D eigenvalue weighted by atomic mass is 19.1. The largest absolute Gasteiger partial charge is 0.465 e. The Morgan fingerprint density at radius 1 is 1.17 bits per heavy atom. The van der Waals surface area contributed by atoms with E-state index in [9.17, 15) is 18.8 Å². The van der Waals surface area contributed by atoms with E-state index < -0.39 is 5.82 Å². The van der Waals surface area contributed by atoms with Gasteiger partial charge in [-0.2, -0.15) is 0 Å². The van der Waals surface area contributed by atoms with Crippen LogP contribution in [0.15, 0.2) is 18.2 Å². The number of carbonyl (C=O) groups excluding carboxylic acids is 3. The molecule has 1 saturated heterocycles.